The van der Waals surface area contributed by atoms with Crippen LogP contribution < -0.4 is 11.1 Å². The topological polar surface area (TPSA) is 133 Å². The molecule has 3 N–H and O–H groups in total. The molecule has 2 atom stereocenters. The lowest BCUT2D eigenvalue weighted by molar-refractivity contribution is -0.140. The lowest BCUT2D eigenvalue weighted by atomic mass is 10.0. The summed E-state index contributed by atoms with van der Waals surface area (Å²) in [6.07, 6.45) is 0.605. The highest BCUT2D eigenvalue weighted by molar-refractivity contribution is 6.37. The fraction of sp³-hybridized carbons (Fsp3) is 0.261. The van der Waals surface area contributed by atoms with Crippen molar-refractivity contribution in [2.75, 3.05) is 0 Å². The Balaban J connectivity index is 1.76. The summed E-state index contributed by atoms with van der Waals surface area (Å²) in [6.45, 7) is 0.166. The van der Waals surface area contributed by atoms with Crippen LogP contribution in [0.1, 0.15) is 29.5 Å². The van der Waals surface area contributed by atoms with Gasteiger partial charge >= 0.3 is 0 Å². The summed E-state index contributed by atoms with van der Waals surface area (Å²) >= 11 is 0. The molecule has 0 spiro atoms. The number of amides is 3. The largest absolute Gasteiger partial charge is 0.363 e. The van der Waals surface area contributed by atoms with Crippen LogP contribution in [0.5, 0.6) is 0 Å². The third-order valence-electron chi connectivity index (χ3n) is 5.20. The predicted octanol–water partition coefficient (Wildman–Crippen LogP) is 0.831. The van der Waals surface area contributed by atoms with Gasteiger partial charge in [0.15, 0.2) is 0 Å². The van der Waals surface area contributed by atoms with Crippen molar-refractivity contribution in [3.63, 3.8) is 0 Å². The van der Waals surface area contributed by atoms with E-state index in [-0.39, 0.29) is 25.3 Å². The molecule has 1 fully saturated rings. The summed E-state index contributed by atoms with van der Waals surface area (Å²) in [4.78, 5) is 50.6. The zero-order valence-corrected chi connectivity index (χ0v) is 16.8. The Bertz CT molecular complexity index is 1050. The monoisotopic (exact) mass is 418 g/mol. The smallest absolute Gasteiger partial charge is 0.287 e. The average Bonchev–Trinajstić information content (AvgIpc) is 3.13. The van der Waals surface area contributed by atoms with Crippen molar-refractivity contribution < 1.29 is 19.2 Å². The maximum absolute atomic E-state index is 13.0. The third kappa shape index (κ3) is 5.34. The van der Waals surface area contributed by atoms with E-state index < -0.39 is 29.7 Å². The number of primary amides is 1. The van der Waals surface area contributed by atoms with Gasteiger partial charge in [-0.05, 0) is 29.7 Å². The Hall–Kier alpha value is -3.99. The normalized spacial score (nSPS) is 16.4. The first kappa shape index (κ1) is 21.7. The Morgan fingerprint density at radius 2 is 1.84 bits per heavy atom. The summed E-state index contributed by atoms with van der Waals surface area (Å²) in [5.74, 6) is -2.73. The standard InChI is InChI=1S/C23H22N4O4/c24-13-16-7-4-8-17(11-16)14-27-19(9-10-20(27)28)23(31)26-18(21(29)22(25)30)12-15-5-2-1-3-6-15/h1-8,11,18-19H,9-10,12,14H2,(H2,25,30)(H,26,31)/t18?,19-/m0/s1. The van der Waals surface area contributed by atoms with E-state index in [4.69, 9.17) is 11.0 Å². The molecule has 1 unspecified atom stereocenters. The lowest BCUT2D eigenvalue weighted by Crippen LogP contribution is -2.53. The Morgan fingerprint density at radius 3 is 2.52 bits per heavy atom. The van der Waals surface area contributed by atoms with Gasteiger partial charge in [-0.25, -0.2) is 0 Å². The van der Waals surface area contributed by atoms with Gasteiger partial charge in [0.25, 0.3) is 5.91 Å². The molecule has 3 amide bonds. The van der Waals surface area contributed by atoms with Crippen LogP contribution in [0.15, 0.2) is 54.6 Å². The molecule has 2 aromatic carbocycles. The highest BCUT2D eigenvalue weighted by Crippen LogP contribution is 2.22. The number of benzene rings is 2. The molecule has 158 valence electrons. The van der Waals surface area contributed by atoms with Crippen LogP contribution >= 0.6 is 0 Å². The maximum Gasteiger partial charge on any atom is 0.287 e. The van der Waals surface area contributed by atoms with E-state index in [1.54, 1.807) is 48.5 Å². The van der Waals surface area contributed by atoms with E-state index in [0.717, 1.165) is 11.1 Å². The number of carbonyl (C=O) groups excluding carboxylic acids is 4. The molecular formula is C23H22N4O4. The highest BCUT2D eigenvalue weighted by atomic mass is 16.2. The minimum Gasteiger partial charge on any atom is -0.363 e. The van der Waals surface area contributed by atoms with Crippen LogP contribution in [0, 0.1) is 11.3 Å². The fourth-order valence-corrected chi connectivity index (χ4v) is 3.64. The van der Waals surface area contributed by atoms with Crippen molar-refractivity contribution in [2.24, 2.45) is 5.73 Å². The molecule has 1 aliphatic heterocycles. The molecule has 8 nitrogen and oxygen atoms in total. The molecule has 1 aliphatic rings. The fourth-order valence-electron chi connectivity index (χ4n) is 3.64. The summed E-state index contributed by atoms with van der Waals surface area (Å²) in [5, 5.41) is 11.7. The molecule has 0 saturated carbocycles. The van der Waals surface area contributed by atoms with Crippen LogP contribution in [0.2, 0.25) is 0 Å². The van der Waals surface area contributed by atoms with Crippen molar-refractivity contribution in [3.05, 3.63) is 71.3 Å². The van der Waals surface area contributed by atoms with Crippen molar-refractivity contribution in [1.29, 1.82) is 5.26 Å². The lowest BCUT2D eigenvalue weighted by Gasteiger charge is -2.26. The van der Waals surface area contributed by atoms with Gasteiger partial charge < -0.3 is 16.0 Å². The number of nitrogens with one attached hydrogen (secondary N) is 1. The number of hydrogen-bond donors (Lipinski definition) is 2. The van der Waals surface area contributed by atoms with Crippen molar-refractivity contribution in [1.82, 2.24) is 10.2 Å². The Morgan fingerprint density at radius 1 is 1.13 bits per heavy atom. The zero-order valence-electron chi connectivity index (χ0n) is 16.8. The quantitative estimate of drug-likeness (QED) is 0.613. The second-order valence-electron chi connectivity index (χ2n) is 7.37. The van der Waals surface area contributed by atoms with Gasteiger partial charge in [0.2, 0.25) is 17.6 Å². The van der Waals surface area contributed by atoms with E-state index in [2.05, 4.69) is 5.32 Å². The van der Waals surface area contributed by atoms with Crippen molar-refractivity contribution >= 4 is 23.5 Å². The van der Waals surface area contributed by atoms with Gasteiger partial charge in [-0.2, -0.15) is 5.26 Å². The average molecular weight is 418 g/mol. The molecule has 0 aromatic heterocycles. The molecule has 3 rings (SSSR count). The molecule has 8 heteroatoms. The predicted molar refractivity (Wildman–Crippen MR) is 111 cm³/mol. The zero-order chi connectivity index (χ0) is 22.4. The van der Waals surface area contributed by atoms with Gasteiger partial charge in [0.05, 0.1) is 11.6 Å². The highest BCUT2D eigenvalue weighted by Gasteiger charge is 2.38. The summed E-state index contributed by atoms with van der Waals surface area (Å²) < 4.78 is 0. The molecule has 2 aromatic rings. The number of rotatable bonds is 8. The molecule has 0 radical (unpaired) electrons. The first-order chi connectivity index (χ1) is 14.9. The number of hydrogen-bond acceptors (Lipinski definition) is 5. The molecule has 0 bridgehead atoms. The van der Waals surface area contributed by atoms with E-state index in [1.165, 1.54) is 4.90 Å². The number of ketones is 1. The van der Waals surface area contributed by atoms with Crippen molar-refractivity contribution in [2.45, 2.75) is 37.9 Å². The second-order valence-corrected chi connectivity index (χ2v) is 7.37. The maximum atomic E-state index is 13.0. The van der Waals surface area contributed by atoms with Gasteiger partial charge in [-0.15, -0.1) is 0 Å². The molecule has 0 aliphatic carbocycles. The number of carbonyl (C=O) groups is 4. The minimum absolute atomic E-state index is 0.110. The summed E-state index contributed by atoms with van der Waals surface area (Å²) in [7, 11) is 0. The van der Waals surface area contributed by atoms with Crippen LogP contribution in [-0.4, -0.2) is 40.5 Å². The summed E-state index contributed by atoms with van der Waals surface area (Å²) in [6, 6.07) is 15.9. The van der Waals surface area contributed by atoms with E-state index in [0.29, 0.717) is 12.0 Å². The number of Topliss-reactive ketones (excluding diaryl/α,β-unsaturated/α-hetero) is 1. The molecule has 31 heavy (non-hydrogen) atoms. The minimum atomic E-state index is -1.13. The number of nitrogens with zero attached hydrogens (tertiary/aromatic N) is 2. The number of likely N-dealkylation sites (tertiary alicyclic amines) is 1. The van der Waals surface area contributed by atoms with Crippen LogP contribution in [0.25, 0.3) is 0 Å². The molecule has 1 saturated heterocycles. The second kappa shape index (κ2) is 9.67. The molecular weight excluding hydrogens is 396 g/mol. The van der Waals surface area contributed by atoms with Crippen LogP contribution in [0.3, 0.4) is 0 Å². The summed E-state index contributed by atoms with van der Waals surface area (Å²) in [5.41, 5.74) is 7.11. The van der Waals surface area contributed by atoms with Crippen molar-refractivity contribution in [3.8, 4) is 6.07 Å². The van der Waals surface area contributed by atoms with Gasteiger partial charge in [0.1, 0.15) is 12.1 Å². The molecule has 1 heterocycles. The number of nitriles is 1. The van der Waals surface area contributed by atoms with E-state index in [9.17, 15) is 19.2 Å². The third-order valence-corrected chi connectivity index (χ3v) is 5.20. The Kier molecular flexibility index (Phi) is 6.78. The van der Waals surface area contributed by atoms with Gasteiger partial charge in [-0.3, -0.25) is 19.2 Å². The van der Waals surface area contributed by atoms with Gasteiger partial charge in [0, 0.05) is 19.4 Å². The van der Waals surface area contributed by atoms with Crippen LogP contribution in [-0.2, 0) is 32.1 Å². The van der Waals surface area contributed by atoms with E-state index in [1.807, 2.05) is 12.1 Å². The first-order valence-corrected chi connectivity index (χ1v) is 9.85. The first-order valence-electron chi connectivity index (χ1n) is 9.85. The van der Waals surface area contributed by atoms with Crippen LogP contribution in [0.4, 0.5) is 0 Å². The SMILES string of the molecule is N#Cc1cccc(CN2C(=O)CC[C@H]2C(=O)NC(Cc2ccccc2)C(=O)C(N)=O)c1. The Labute approximate surface area is 179 Å². The van der Waals surface area contributed by atoms with E-state index >= 15 is 0 Å². The number of nitrogens with two attached hydrogens (primary N) is 1. The van der Waals surface area contributed by atoms with Gasteiger partial charge in [-0.1, -0.05) is 42.5 Å².